The van der Waals surface area contributed by atoms with Crippen molar-refractivity contribution in [2.75, 3.05) is 0 Å². The Labute approximate surface area is 261 Å². The molecule has 0 amide bonds. The van der Waals surface area contributed by atoms with Gasteiger partial charge in [-0.05, 0) is 132 Å². The van der Waals surface area contributed by atoms with E-state index in [9.17, 15) is 0 Å². The van der Waals surface area contributed by atoms with E-state index >= 15 is 0 Å². The highest BCUT2D eigenvalue weighted by molar-refractivity contribution is 6.62. The maximum absolute atomic E-state index is 6.61. The van der Waals surface area contributed by atoms with Gasteiger partial charge in [0.2, 0.25) is 0 Å². The Morgan fingerprint density at radius 2 is 1.05 bits per heavy atom. The van der Waals surface area contributed by atoms with Crippen molar-refractivity contribution in [1.29, 1.82) is 0 Å². The Kier molecular flexibility index (Phi) is 5.46. The second-order valence-electron chi connectivity index (χ2n) is 14.2. The molecule has 1 aliphatic heterocycles. The zero-order valence-corrected chi connectivity index (χ0v) is 26.0. The van der Waals surface area contributed by atoms with E-state index in [-0.39, 0.29) is 0 Å². The van der Waals surface area contributed by atoms with Crippen molar-refractivity contribution in [2.24, 2.45) is 0 Å². The number of aryl methyl sites for hydroxylation is 4. The SMILES string of the molecule is CC1(C)OB(c2ccc3c(c2)C(c2ccc4c(c2)CC4)(c2ccc4c(c2)CC4)c2cc(-c4ccccc4)ccc2-3)OC1(C)C. The van der Waals surface area contributed by atoms with Gasteiger partial charge in [-0.15, -0.1) is 0 Å². The molecule has 9 rings (SSSR count). The van der Waals surface area contributed by atoms with E-state index in [1.165, 1.54) is 79.6 Å². The Balaban J connectivity index is 1.34. The minimum absolute atomic E-state index is 0.398. The summed E-state index contributed by atoms with van der Waals surface area (Å²) in [4.78, 5) is 0. The first-order chi connectivity index (χ1) is 21.2. The van der Waals surface area contributed by atoms with Crippen LogP contribution in [0.3, 0.4) is 0 Å². The van der Waals surface area contributed by atoms with Crippen LogP contribution in [0.15, 0.2) is 103 Å². The summed E-state index contributed by atoms with van der Waals surface area (Å²) in [5, 5.41) is 0. The molecule has 0 saturated carbocycles. The molecule has 0 atom stereocenters. The number of hydrogen-bond acceptors (Lipinski definition) is 2. The fourth-order valence-electron chi connectivity index (χ4n) is 7.92. The molecule has 1 fully saturated rings. The molecule has 0 unspecified atom stereocenters. The number of fused-ring (bicyclic) bond motifs is 5. The van der Waals surface area contributed by atoms with Crippen LogP contribution in [0.1, 0.15) is 72.2 Å². The molecule has 5 aromatic carbocycles. The Hall–Kier alpha value is -3.92. The first-order valence-corrected chi connectivity index (χ1v) is 16.2. The standard InChI is InChI=1S/C41H37BO2/c1-39(2)40(3,4)44-42(43-39)34-19-21-36-35-20-16-31(26-8-6-5-7-9-26)24-37(35)41(38(36)25-34,32-17-14-27-10-12-29(27)22-32)33-18-15-28-11-13-30(28)23-33/h5-9,14-25H,10-13H2,1-4H3. The van der Waals surface area contributed by atoms with Crippen LogP contribution in [0.25, 0.3) is 22.3 Å². The number of benzene rings is 5. The molecule has 1 saturated heterocycles. The molecule has 0 radical (unpaired) electrons. The van der Waals surface area contributed by atoms with Crippen molar-refractivity contribution < 1.29 is 9.31 Å². The maximum atomic E-state index is 6.61. The molecule has 3 aliphatic carbocycles. The van der Waals surface area contributed by atoms with Crippen molar-refractivity contribution in [3.8, 4) is 22.3 Å². The van der Waals surface area contributed by atoms with Gasteiger partial charge in [-0.3, -0.25) is 0 Å². The summed E-state index contributed by atoms with van der Waals surface area (Å²) in [6, 6.07) is 39.5. The molecule has 0 N–H and O–H groups in total. The van der Waals surface area contributed by atoms with Crippen LogP contribution in [-0.2, 0) is 40.4 Å². The van der Waals surface area contributed by atoms with Crippen molar-refractivity contribution >= 4 is 12.6 Å². The third kappa shape index (κ3) is 3.57. The van der Waals surface area contributed by atoms with Gasteiger partial charge in [-0.1, -0.05) is 97.1 Å². The topological polar surface area (TPSA) is 18.5 Å². The third-order valence-electron chi connectivity index (χ3n) is 11.4. The summed E-state index contributed by atoms with van der Waals surface area (Å²) < 4.78 is 13.2. The van der Waals surface area contributed by atoms with E-state index in [0.717, 1.165) is 18.3 Å². The van der Waals surface area contributed by atoms with Crippen molar-refractivity contribution in [3.63, 3.8) is 0 Å². The molecule has 0 bridgehead atoms. The summed E-state index contributed by atoms with van der Waals surface area (Å²) in [5.74, 6) is 0. The molecule has 1 heterocycles. The smallest absolute Gasteiger partial charge is 0.399 e. The van der Waals surface area contributed by atoms with Crippen LogP contribution in [0, 0.1) is 0 Å². The van der Waals surface area contributed by atoms with E-state index in [0.29, 0.717) is 0 Å². The minimum Gasteiger partial charge on any atom is -0.399 e. The van der Waals surface area contributed by atoms with E-state index in [4.69, 9.17) is 9.31 Å². The van der Waals surface area contributed by atoms with Gasteiger partial charge in [0.25, 0.3) is 0 Å². The van der Waals surface area contributed by atoms with E-state index in [1.807, 2.05) is 0 Å². The summed E-state index contributed by atoms with van der Waals surface area (Å²) in [6.45, 7) is 8.53. The summed E-state index contributed by atoms with van der Waals surface area (Å²) >= 11 is 0. The summed E-state index contributed by atoms with van der Waals surface area (Å²) in [6.07, 6.45) is 4.67. The van der Waals surface area contributed by atoms with Crippen molar-refractivity contribution in [3.05, 3.63) is 148 Å². The van der Waals surface area contributed by atoms with Gasteiger partial charge in [0, 0.05) is 0 Å². The lowest BCUT2D eigenvalue weighted by Crippen LogP contribution is -2.41. The van der Waals surface area contributed by atoms with Crippen molar-refractivity contribution in [2.45, 2.75) is 70.0 Å². The molecule has 3 heteroatoms. The molecule has 0 spiro atoms. The Morgan fingerprint density at radius 1 is 0.500 bits per heavy atom. The van der Waals surface area contributed by atoms with Gasteiger partial charge in [-0.25, -0.2) is 0 Å². The Morgan fingerprint density at radius 3 is 1.59 bits per heavy atom. The molecule has 0 aromatic heterocycles. The van der Waals surface area contributed by atoms with Crippen LogP contribution in [-0.4, -0.2) is 18.3 Å². The van der Waals surface area contributed by atoms with Gasteiger partial charge < -0.3 is 9.31 Å². The molecule has 44 heavy (non-hydrogen) atoms. The molecule has 4 aliphatic rings. The van der Waals surface area contributed by atoms with Crippen LogP contribution in [0.4, 0.5) is 0 Å². The number of rotatable bonds is 4. The zero-order chi connectivity index (χ0) is 29.8. The van der Waals surface area contributed by atoms with Gasteiger partial charge >= 0.3 is 7.12 Å². The van der Waals surface area contributed by atoms with E-state index < -0.39 is 23.7 Å². The largest absolute Gasteiger partial charge is 0.494 e. The zero-order valence-electron chi connectivity index (χ0n) is 26.0. The second kappa shape index (κ2) is 9.06. The normalized spacial score (nSPS) is 19.3. The second-order valence-corrected chi connectivity index (χ2v) is 14.2. The molecule has 216 valence electrons. The molecule has 2 nitrogen and oxygen atoms in total. The van der Waals surface area contributed by atoms with E-state index in [2.05, 4.69) is 131 Å². The summed E-state index contributed by atoms with van der Waals surface area (Å²) in [5.41, 5.74) is 16.3. The van der Waals surface area contributed by atoms with Crippen LogP contribution < -0.4 is 5.46 Å². The lowest BCUT2D eigenvalue weighted by Gasteiger charge is -2.37. The summed E-state index contributed by atoms with van der Waals surface area (Å²) in [7, 11) is -0.416. The lowest BCUT2D eigenvalue weighted by atomic mass is 9.64. The van der Waals surface area contributed by atoms with Gasteiger partial charge in [0.15, 0.2) is 0 Å². The highest BCUT2D eigenvalue weighted by Gasteiger charge is 2.53. The Bertz CT molecular complexity index is 1910. The predicted octanol–water partition coefficient (Wildman–Crippen LogP) is 8.21. The highest BCUT2D eigenvalue weighted by atomic mass is 16.7. The first kappa shape index (κ1) is 26.5. The quantitative estimate of drug-likeness (QED) is 0.198. The first-order valence-electron chi connectivity index (χ1n) is 16.2. The maximum Gasteiger partial charge on any atom is 0.494 e. The average Bonchev–Trinajstić information content (AvgIpc) is 3.40. The van der Waals surface area contributed by atoms with Gasteiger partial charge in [0.1, 0.15) is 0 Å². The molecular weight excluding hydrogens is 535 g/mol. The monoisotopic (exact) mass is 572 g/mol. The number of hydrogen-bond donors (Lipinski definition) is 0. The van der Waals surface area contributed by atoms with Gasteiger partial charge in [0.05, 0.1) is 16.6 Å². The fraction of sp³-hybridized carbons (Fsp3) is 0.268. The van der Waals surface area contributed by atoms with Crippen LogP contribution in [0.5, 0.6) is 0 Å². The molecule has 5 aromatic rings. The highest BCUT2D eigenvalue weighted by Crippen LogP contribution is 2.57. The predicted molar refractivity (Wildman–Crippen MR) is 180 cm³/mol. The van der Waals surface area contributed by atoms with Gasteiger partial charge in [-0.2, -0.15) is 0 Å². The minimum atomic E-state index is -0.454. The lowest BCUT2D eigenvalue weighted by molar-refractivity contribution is 0.00578. The fourth-order valence-corrected chi connectivity index (χ4v) is 7.92. The van der Waals surface area contributed by atoms with Crippen LogP contribution >= 0.6 is 0 Å². The average molecular weight is 573 g/mol. The van der Waals surface area contributed by atoms with E-state index in [1.54, 1.807) is 0 Å². The van der Waals surface area contributed by atoms with Crippen molar-refractivity contribution in [1.82, 2.24) is 0 Å². The third-order valence-corrected chi connectivity index (χ3v) is 11.4. The molecular formula is C41H37BO2. The van der Waals surface area contributed by atoms with Crippen LogP contribution in [0.2, 0.25) is 0 Å².